The van der Waals surface area contributed by atoms with Crippen LogP contribution in [0.1, 0.15) is 13.8 Å². The van der Waals surface area contributed by atoms with Crippen LogP contribution >= 0.6 is 15.9 Å². The molecule has 0 saturated carbocycles. The van der Waals surface area contributed by atoms with Crippen molar-refractivity contribution in [3.63, 3.8) is 0 Å². The molecule has 0 unspecified atom stereocenters. The van der Waals surface area contributed by atoms with Crippen LogP contribution < -0.4 is 15.8 Å². The number of aromatic nitrogens is 2. The zero-order valence-corrected chi connectivity index (χ0v) is 18.0. The van der Waals surface area contributed by atoms with Crippen LogP contribution in [0.25, 0.3) is 0 Å². The summed E-state index contributed by atoms with van der Waals surface area (Å²) in [5, 5.41) is 3.13. The van der Waals surface area contributed by atoms with Gasteiger partial charge >= 0.3 is 0 Å². The van der Waals surface area contributed by atoms with E-state index in [1.807, 2.05) is 12.3 Å². The maximum atomic E-state index is 12.3. The van der Waals surface area contributed by atoms with Crippen molar-refractivity contribution in [2.24, 2.45) is 7.05 Å². The molecule has 0 aliphatic carbocycles. The normalized spacial score (nSPS) is 23.5. The van der Waals surface area contributed by atoms with E-state index in [0.717, 1.165) is 36.5 Å². The molecule has 2 aromatic rings. The van der Waals surface area contributed by atoms with E-state index in [2.05, 4.69) is 55.9 Å². The summed E-state index contributed by atoms with van der Waals surface area (Å²) < 4.78 is 7.75. The summed E-state index contributed by atoms with van der Waals surface area (Å²) in [5.41, 5.74) is 1.51. The zero-order valence-electron chi connectivity index (χ0n) is 16.4. The minimum atomic E-state index is -0.0902. The summed E-state index contributed by atoms with van der Waals surface area (Å²) >= 11 is 3.42. The van der Waals surface area contributed by atoms with E-state index in [0.29, 0.717) is 29.6 Å². The van der Waals surface area contributed by atoms with Crippen molar-refractivity contribution in [1.82, 2.24) is 14.5 Å². The van der Waals surface area contributed by atoms with Crippen molar-refractivity contribution in [3.8, 4) is 0 Å². The van der Waals surface area contributed by atoms with E-state index >= 15 is 0 Å². The van der Waals surface area contributed by atoms with Gasteiger partial charge in [0.2, 0.25) is 0 Å². The molecule has 0 amide bonds. The molecule has 7 nitrogen and oxygen atoms in total. The number of hydrogen-bond acceptors (Lipinski definition) is 6. The quantitative estimate of drug-likeness (QED) is 0.776. The number of aryl methyl sites for hydroxylation is 1. The van der Waals surface area contributed by atoms with Crippen molar-refractivity contribution < 1.29 is 4.74 Å². The Kier molecular flexibility index (Phi) is 5.44. The molecule has 4 heterocycles. The maximum Gasteiger partial charge on any atom is 0.274 e. The Bertz CT molecular complexity index is 896. The van der Waals surface area contributed by atoms with Crippen LogP contribution in [0.15, 0.2) is 39.9 Å². The van der Waals surface area contributed by atoms with Crippen molar-refractivity contribution in [1.29, 1.82) is 0 Å². The van der Waals surface area contributed by atoms with E-state index in [1.54, 1.807) is 19.3 Å². The van der Waals surface area contributed by atoms with Gasteiger partial charge in [-0.05, 0) is 48.0 Å². The predicted octanol–water partition coefficient (Wildman–Crippen LogP) is 2.58. The minimum Gasteiger partial charge on any atom is -0.378 e. The largest absolute Gasteiger partial charge is 0.378 e. The van der Waals surface area contributed by atoms with Crippen LogP contribution in [0.4, 0.5) is 17.2 Å². The Morgan fingerprint density at radius 2 is 2.00 bits per heavy atom. The summed E-state index contributed by atoms with van der Waals surface area (Å²) in [6.45, 7) is 8.25. The number of piperazine rings is 1. The number of ether oxygens (including phenoxy) is 1. The number of halogens is 1. The van der Waals surface area contributed by atoms with Gasteiger partial charge < -0.3 is 19.5 Å². The molecule has 150 valence electrons. The Labute approximate surface area is 173 Å². The number of hydrogen-bond donors (Lipinski definition) is 1. The average molecular weight is 448 g/mol. The maximum absolute atomic E-state index is 12.3. The first kappa shape index (κ1) is 19.4. The number of rotatable bonds is 4. The highest BCUT2D eigenvalue weighted by molar-refractivity contribution is 9.10. The van der Waals surface area contributed by atoms with Crippen LogP contribution in [0.5, 0.6) is 0 Å². The lowest BCUT2D eigenvalue weighted by molar-refractivity contribution is -0.0828. The molecule has 0 aromatic carbocycles. The second-order valence-electron chi connectivity index (χ2n) is 7.75. The molecule has 0 spiro atoms. The molecule has 0 radical (unpaired) electrons. The van der Waals surface area contributed by atoms with Crippen molar-refractivity contribution in [2.45, 2.75) is 32.0 Å². The highest BCUT2D eigenvalue weighted by Crippen LogP contribution is 2.27. The Balaban J connectivity index is 1.47. The second-order valence-corrected chi connectivity index (χ2v) is 8.67. The Morgan fingerprint density at radius 1 is 1.21 bits per heavy atom. The number of anilines is 3. The minimum absolute atomic E-state index is 0.0902. The summed E-state index contributed by atoms with van der Waals surface area (Å²) in [5.74, 6) is 0.657. The topological polar surface area (TPSA) is 62.6 Å². The average Bonchev–Trinajstić information content (AvgIpc) is 2.61. The van der Waals surface area contributed by atoms with E-state index in [9.17, 15) is 4.79 Å². The highest BCUT2D eigenvalue weighted by atomic mass is 79.9. The number of pyridine rings is 2. The monoisotopic (exact) mass is 447 g/mol. The molecule has 28 heavy (non-hydrogen) atoms. The van der Waals surface area contributed by atoms with Crippen LogP contribution in [0, 0.1) is 0 Å². The third kappa shape index (κ3) is 3.81. The van der Waals surface area contributed by atoms with Crippen molar-refractivity contribution in [2.75, 3.05) is 36.5 Å². The smallest absolute Gasteiger partial charge is 0.274 e. The van der Waals surface area contributed by atoms with Gasteiger partial charge in [-0.25, -0.2) is 4.98 Å². The summed E-state index contributed by atoms with van der Waals surface area (Å²) in [7, 11) is 1.73. The molecule has 8 heteroatoms. The van der Waals surface area contributed by atoms with Crippen molar-refractivity contribution in [3.05, 3.63) is 45.4 Å². The van der Waals surface area contributed by atoms with Gasteiger partial charge in [-0.15, -0.1) is 0 Å². The molecule has 2 atom stereocenters. The lowest BCUT2D eigenvalue weighted by Crippen LogP contribution is -2.63. The first-order chi connectivity index (χ1) is 13.4. The Hall–Kier alpha value is -1.90. The van der Waals surface area contributed by atoms with Gasteiger partial charge in [-0.1, -0.05) is 0 Å². The van der Waals surface area contributed by atoms with Gasteiger partial charge in [0.05, 0.1) is 31.1 Å². The zero-order chi connectivity index (χ0) is 19.8. The van der Waals surface area contributed by atoms with E-state index in [1.165, 1.54) is 4.57 Å². The fourth-order valence-corrected chi connectivity index (χ4v) is 4.50. The van der Waals surface area contributed by atoms with Gasteiger partial charge in [0.25, 0.3) is 5.56 Å². The first-order valence-corrected chi connectivity index (χ1v) is 10.4. The third-order valence-corrected chi connectivity index (χ3v) is 6.05. The lowest BCUT2D eigenvalue weighted by Gasteiger charge is -2.50. The van der Waals surface area contributed by atoms with Crippen LogP contribution in [0.3, 0.4) is 0 Å². The molecule has 2 aliphatic heterocycles. The van der Waals surface area contributed by atoms with E-state index in [4.69, 9.17) is 4.74 Å². The SMILES string of the molecule is C[C@@H]1CN(c2ccc(Nc3cc(Br)cn(C)c3=O)nc2)[C@@H](C)CN1C1COC1. The Morgan fingerprint density at radius 3 is 2.64 bits per heavy atom. The molecular formula is C20H26BrN5O2. The van der Waals surface area contributed by atoms with Gasteiger partial charge in [-0.3, -0.25) is 9.69 Å². The fourth-order valence-electron chi connectivity index (χ4n) is 3.96. The predicted molar refractivity (Wildman–Crippen MR) is 114 cm³/mol. The highest BCUT2D eigenvalue weighted by Gasteiger charge is 2.36. The van der Waals surface area contributed by atoms with Gasteiger partial charge in [0.1, 0.15) is 11.5 Å². The summed E-state index contributed by atoms with van der Waals surface area (Å²) in [6.07, 6.45) is 3.62. The van der Waals surface area contributed by atoms with Gasteiger partial charge in [0.15, 0.2) is 0 Å². The first-order valence-electron chi connectivity index (χ1n) is 9.62. The summed E-state index contributed by atoms with van der Waals surface area (Å²) in [6, 6.07) is 7.23. The van der Waals surface area contributed by atoms with Crippen LogP contribution in [-0.4, -0.2) is 58.9 Å². The van der Waals surface area contributed by atoms with E-state index < -0.39 is 0 Å². The standard InChI is InChI=1S/C20H26BrN5O2/c1-13-9-26(17-11-28-12-17)14(2)8-25(13)16-4-5-19(22-7-16)23-18-6-15(21)10-24(3)20(18)27/h4-7,10,13-14,17H,8-9,11-12H2,1-3H3,(H,22,23)/t13-,14+/m0/s1. The van der Waals surface area contributed by atoms with Crippen LogP contribution in [-0.2, 0) is 11.8 Å². The van der Waals surface area contributed by atoms with Gasteiger partial charge in [0, 0.05) is 42.9 Å². The number of nitrogens with one attached hydrogen (secondary N) is 1. The molecule has 2 fully saturated rings. The van der Waals surface area contributed by atoms with Crippen molar-refractivity contribution >= 4 is 33.1 Å². The molecule has 2 aliphatic rings. The molecule has 0 bridgehead atoms. The fraction of sp³-hybridized carbons (Fsp3) is 0.500. The number of nitrogens with zero attached hydrogens (tertiary/aromatic N) is 4. The van der Waals surface area contributed by atoms with E-state index in [-0.39, 0.29) is 5.56 Å². The van der Waals surface area contributed by atoms with Gasteiger partial charge in [-0.2, -0.15) is 0 Å². The molecular weight excluding hydrogens is 422 g/mol. The molecule has 4 rings (SSSR count). The second kappa shape index (κ2) is 7.85. The molecule has 2 aromatic heterocycles. The lowest BCUT2D eigenvalue weighted by atomic mass is 10.0. The third-order valence-electron chi connectivity index (χ3n) is 5.62. The molecule has 1 N–H and O–H groups in total. The van der Waals surface area contributed by atoms with Crippen LogP contribution in [0.2, 0.25) is 0 Å². The summed E-state index contributed by atoms with van der Waals surface area (Å²) in [4.78, 5) is 21.8. The molecule has 2 saturated heterocycles.